The Morgan fingerprint density at radius 1 is 1.29 bits per heavy atom. The fraction of sp³-hybridized carbons (Fsp3) is 0.125. The molecule has 0 fully saturated rings. The second-order valence-corrected chi connectivity index (χ2v) is 5.87. The SMILES string of the molecule is Cc1cccc(-c2c(O)nc(Cc3cccs3)[nH]c2=O)c1. The minimum Gasteiger partial charge on any atom is -0.493 e. The van der Waals surface area contributed by atoms with E-state index in [1.165, 1.54) is 0 Å². The van der Waals surface area contributed by atoms with Crippen molar-refractivity contribution in [1.82, 2.24) is 9.97 Å². The molecule has 5 heteroatoms. The minimum atomic E-state index is -0.320. The number of hydrogen-bond acceptors (Lipinski definition) is 4. The highest BCUT2D eigenvalue weighted by atomic mass is 32.1. The first-order chi connectivity index (χ1) is 10.1. The van der Waals surface area contributed by atoms with Crippen molar-refractivity contribution >= 4 is 11.3 Å². The molecule has 2 heterocycles. The third-order valence-electron chi connectivity index (χ3n) is 3.18. The van der Waals surface area contributed by atoms with Gasteiger partial charge in [0.1, 0.15) is 11.4 Å². The van der Waals surface area contributed by atoms with Crippen LogP contribution in [0.1, 0.15) is 16.3 Å². The van der Waals surface area contributed by atoms with Gasteiger partial charge in [-0.15, -0.1) is 11.3 Å². The molecule has 1 aromatic carbocycles. The summed E-state index contributed by atoms with van der Waals surface area (Å²) >= 11 is 1.59. The predicted octanol–water partition coefficient (Wildman–Crippen LogP) is 3.10. The first-order valence-electron chi connectivity index (χ1n) is 6.55. The molecular formula is C16H14N2O2S. The lowest BCUT2D eigenvalue weighted by Gasteiger charge is -2.06. The van der Waals surface area contributed by atoms with Gasteiger partial charge in [-0.05, 0) is 23.9 Å². The van der Waals surface area contributed by atoms with Crippen LogP contribution in [0.15, 0.2) is 46.6 Å². The molecule has 2 N–H and O–H groups in total. The van der Waals surface area contributed by atoms with E-state index >= 15 is 0 Å². The van der Waals surface area contributed by atoms with Crippen molar-refractivity contribution in [2.45, 2.75) is 13.3 Å². The summed E-state index contributed by atoms with van der Waals surface area (Å²) in [5, 5.41) is 12.1. The monoisotopic (exact) mass is 298 g/mol. The number of hydrogen-bond donors (Lipinski definition) is 2. The third-order valence-corrected chi connectivity index (χ3v) is 4.05. The number of rotatable bonds is 3. The van der Waals surface area contributed by atoms with E-state index in [0.29, 0.717) is 17.8 Å². The van der Waals surface area contributed by atoms with Gasteiger partial charge in [0.15, 0.2) is 0 Å². The number of aryl methyl sites for hydroxylation is 1. The molecule has 0 radical (unpaired) electrons. The highest BCUT2D eigenvalue weighted by Crippen LogP contribution is 2.24. The molecule has 106 valence electrons. The topological polar surface area (TPSA) is 66.0 Å². The average Bonchev–Trinajstić information content (AvgIpc) is 2.91. The summed E-state index contributed by atoms with van der Waals surface area (Å²) in [4.78, 5) is 20.2. The normalized spacial score (nSPS) is 10.7. The van der Waals surface area contributed by atoms with Crippen molar-refractivity contribution in [1.29, 1.82) is 0 Å². The molecule has 3 rings (SSSR count). The van der Waals surface area contributed by atoms with E-state index in [0.717, 1.165) is 10.4 Å². The molecule has 0 aliphatic rings. The Labute approximate surface area is 125 Å². The van der Waals surface area contributed by atoms with Crippen LogP contribution in [-0.4, -0.2) is 15.1 Å². The smallest absolute Gasteiger partial charge is 0.262 e. The predicted molar refractivity (Wildman–Crippen MR) is 83.8 cm³/mol. The Morgan fingerprint density at radius 3 is 2.81 bits per heavy atom. The number of aromatic amines is 1. The maximum Gasteiger partial charge on any atom is 0.262 e. The molecule has 0 bridgehead atoms. The quantitative estimate of drug-likeness (QED) is 0.781. The van der Waals surface area contributed by atoms with Crippen LogP contribution < -0.4 is 5.56 Å². The molecule has 0 aliphatic heterocycles. The van der Waals surface area contributed by atoms with Crippen molar-refractivity contribution in [2.24, 2.45) is 0 Å². The summed E-state index contributed by atoms with van der Waals surface area (Å²) < 4.78 is 0. The Hall–Kier alpha value is -2.40. The first-order valence-corrected chi connectivity index (χ1v) is 7.43. The summed E-state index contributed by atoms with van der Waals surface area (Å²) in [6.45, 7) is 1.94. The summed E-state index contributed by atoms with van der Waals surface area (Å²) in [7, 11) is 0. The molecule has 0 saturated carbocycles. The van der Waals surface area contributed by atoms with E-state index in [2.05, 4.69) is 9.97 Å². The lowest BCUT2D eigenvalue weighted by Crippen LogP contribution is -2.14. The maximum atomic E-state index is 12.2. The maximum absolute atomic E-state index is 12.2. The van der Waals surface area contributed by atoms with Crippen molar-refractivity contribution in [3.05, 3.63) is 68.4 Å². The number of H-pyrrole nitrogens is 1. The fourth-order valence-corrected chi connectivity index (χ4v) is 2.94. The van der Waals surface area contributed by atoms with Crippen LogP contribution in [0.4, 0.5) is 0 Å². The zero-order chi connectivity index (χ0) is 14.8. The van der Waals surface area contributed by atoms with Gasteiger partial charge in [0, 0.05) is 11.3 Å². The Balaban J connectivity index is 2.02. The van der Waals surface area contributed by atoms with Crippen LogP contribution in [0.3, 0.4) is 0 Å². The lowest BCUT2D eigenvalue weighted by molar-refractivity contribution is 0.450. The van der Waals surface area contributed by atoms with Crippen LogP contribution in [-0.2, 0) is 6.42 Å². The molecule has 21 heavy (non-hydrogen) atoms. The second kappa shape index (κ2) is 5.54. The number of nitrogens with zero attached hydrogens (tertiary/aromatic N) is 1. The summed E-state index contributed by atoms with van der Waals surface area (Å²) in [6.07, 6.45) is 0.508. The van der Waals surface area contributed by atoms with E-state index in [9.17, 15) is 9.90 Å². The van der Waals surface area contributed by atoms with Gasteiger partial charge in [-0.1, -0.05) is 35.9 Å². The summed E-state index contributed by atoms with van der Waals surface area (Å²) in [6, 6.07) is 11.3. The Morgan fingerprint density at radius 2 is 2.14 bits per heavy atom. The number of benzene rings is 1. The van der Waals surface area contributed by atoms with Crippen molar-refractivity contribution in [3.63, 3.8) is 0 Å². The second-order valence-electron chi connectivity index (χ2n) is 4.84. The average molecular weight is 298 g/mol. The minimum absolute atomic E-state index is 0.216. The molecule has 0 aliphatic carbocycles. The van der Waals surface area contributed by atoms with Crippen LogP contribution in [0, 0.1) is 6.92 Å². The Kier molecular flexibility index (Phi) is 3.58. The highest BCUT2D eigenvalue weighted by molar-refractivity contribution is 7.09. The summed E-state index contributed by atoms with van der Waals surface area (Å²) in [5.74, 6) is 0.243. The summed E-state index contributed by atoms with van der Waals surface area (Å²) in [5.41, 5.74) is 1.59. The van der Waals surface area contributed by atoms with Crippen molar-refractivity contribution in [2.75, 3.05) is 0 Å². The molecule has 0 spiro atoms. The molecule has 0 unspecified atom stereocenters. The molecular weight excluding hydrogens is 284 g/mol. The zero-order valence-electron chi connectivity index (χ0n) is 11.5. The van der Waals surface area contributed by atoms with Crippen molar-refractivity contribution in [3.8, 4) is 17.0 Å². The van der Waals surface area contributed by atoms with E-state index in [1.54, 1.807) is 17.4 Å². The van der Waals surface area contributed by atoms with Crippen molar-refractivity contribution < 1.29 is 5.11 Å². The van der Waals surface area contributed by atoms with E-state index in [1.807, 2.05) is 42.6 Å². The van der Waals surface area contributed by atoms with Gasteiger partial charge >= 0.3 is 0 Å². The lowest BCUT2D eigenvalue weighted by atomic mass is 10.1. The number of nitrogens with one attached hydrogen (secondary N) is 1. The third kappa shape index (κ3) is 2.87. The van der Waals surface area contributed by atoms with Crippen LogP contribution in [0.5, 0.6) is 5.88 Å². The first kappa shape index (κ1) is 13.6. The zero-order valence-corrected chi connectivity index (χ0v) is 12.3. The van der Waals surface area contributed by atoms with Gasteiger partial charge in [0.2, 0.25) is 5.88 Å². The molecule has 3 aromatic rings. The molecule has 0 saturated heterocycles. The van der Waals surface area contributed by atoms with E-state index < -0.39 is 0 Å². The van der Waals surface area contributed by atoms with Crippen LogP contribution in [0.2, 0.25) is 0 Å². The van der Waals surface area contributed by atoms with Gasteiger partial charge in [-0.3, -0.25) is 4.79 Å². The standard InChI is InChI=1S/C16H14N2O2S/c1-10-4-2-5-11(8-10)14-15(19)17-13(18-16(14)20)9-12-6-3-7-21-12/h2-8H,9H2,1H3,(H2,17,18,19,20). The molecule has 0 amide bonds. The van der Waals surface area contributed by atoms with E-state index in [4.69, 9.17) is 0 Å². The van der Waals surface area contributed by atoms with Crippen LogP contribution >= 0.6 is 11.3 Å². The van der Waals surface area contributed by atoms with Gasteiger partial charge < -0.3 is 10.1 Å². The fourth-order valence-electron chi connectivity index (χ4n) is 2.23. The van der Waals surface area contributed by atoms with E-state index in [-0.39, 0.29) is 17.0 Å². The highest BCUT2D eigenvalue weighted by Gasteiger charge is 2.13. The number of thiophene rings is 1. The Bertz CT molecular complexity index is 823. The van der Waals surface area contributed by atoms with Crippen LogP contribution in [0.25, 0.3) is 11.1 Å². The molecule has 4 nitrogen and oxygen atoms in total. The van der Waals surface area contributed by atoms with Gasteiger partial charge in [-0.25, -0.2) is 0 Å². The molecule has 2 aromatic heterocycles. The number of aromatic nitrogens is 2. The van der Waals surface area contributed by atoms with Gasteiger partial charge in [0.05, 0.1) is 0 Å². The van der Waals surface area contributed by atoms with Gasteiger partial charge in [-0.2, -0.15) is 4.98 Å². The largest absolute Gasteiger partial charge is 0.493 e. The molecule has 0 atom stereocenters. The number of aromatic hydroxyl groups is 1. The van der Waals surface area contributed by atoms with Gasteiger partial charge in [0.25, 0.3) is 5.56 Å².